The number of hydrogen-bond donors (Lipinski definition) is 1. The molecule has 4 rings (SSSR count). The molecule has 146 valence electrons. The highest BCUT2D eigenvalue weighted by atomic mass is 35.5. The van der Waals surface area contributed by atoms with E-state index in [2.05, 4.69) is 15.4 Å². The van der Waals surface area contributed by atoms with E-state index in [-0.39, 0.29) is 12.5 Å². The molecule has 0 saturated carbocycles. The molecular weight excluding hydrogens is 408 g/mol. The molecule has 2 aromatic heterocycles. The zero-order valence-corrected chi connectivity index (χ0v) is 17.1. The van der Waals surface area contributed by atoms with Crippen LogP contribution in [0.1, 0.15) is 0 Å². The molecule has 6 nitrogen and oxygen atoms in total. The predicted octanol–water partition coefficient (Wildman–Crippen LogP) is 4.88. The molecule has 0 aliphatic carbocycles. The monoisotopic (exact) mass is 424 g/mol. The van der Waals surface area contributed by atoms with Crippen LogP contribution in [0.2, 0.25) is 5.02 Å². The molecule has 29 heavy (non-hydrogen) atoms. The zero-order chi connectivity index (χ0) is 20.2. The van der Waals surface area contributed by atoms with E-state index in [0.29, 0.717) is 22.3 Å². The fourth-order valence-corrected chi connectivity index (χ4v) is 3.59. The van der Waals surface area contributed by atoms with E-state index in [0.717, 1.165) is 16.3 Å². The van der Waals surface area contributed by atoms with Crippen molar-refractivity contribution in [3.05, 3.63) is 71.1 Å². The average Bonchev–Trinajstić information content (AvgIpc) is 3.35. The van der Waals surface area contributed by atoms with Gasteiger partial charge < -0.3 is 10.1 Å². The highest BCUT2D eigenvalue weighted by molar-refractivity contribution is 7.13. The van der Waals surface area contributed by atoms with Crippen LogP contribution in [0.3, 0.4) is 0 Å². The largest absolute Gasteiger partial charge is 0.484 e. The summed E-state index contributed by atoms with van der Waals surface area (Å²) in [7, 11) is 1.77. The van der Waals surface area contributed by atoms with Crippen LogP contribution in [-0.4, -0.2) is 27.3 Å². The summed E-state index contributed by atoms with van der Waals surface area (Å²) < 4.78 is 7.08. The van der Waals surface area contributed by atoms with Crippen LogP contribution >= 0.6 is 22.9 Å². The van der Waals surface area contributed by atoms with Gasteiger partial charge in [-0.25, -0.2) is 4.98 Å². The second-order valence-electron chi connectivity index (χ2n) is 6.23. The number of halogens is 1. The van der Waals surface area contributed by atoms with Gasteiger partial charge in [0.2, 0.25) is 0 Å². The second kappa shape index (κ2) is 8.46. The Balaban J connectivity index is 1.44. The third kappa shape index (κ3) is 4.64. The molecule has 0 fully saturated rings. The molecular formula is C21H17ClN4O2S. The van der Waals surface area contributed by atoms with Gasteiger partial charge >= 0.3 is 0 Å². The Kier molecular flexibility index (Phi) is 5.59. The van der Waals surface area contributed by atoms with Crippen molar-refractivity contribution >= 4 is 34.7 Å². The van der Waals surface area contributed by atoms with Crippen molar-refractivity contribution in [2.24, 2.45) is 7.05 Å². The van der Waals surface area contributed by atoms with Crippen LogP contribution in [0.4, 0.5) is 5.82 Å². The van der Waals surface area contributed by atoms with Gasteiger partial charge in [0.1, 0.15) is 22.3 Å². The Hall–Kier alpha value is -3.16. The lowest BCUT2D eigenvalue weighted by Crippen LogP contribution is -2.21. The number of aryl methyl sites for hydroxylation is 1. The second-order valence-corrected chi connectivity index (χ2v) is 7.53. The van der Waals surface area contributed by atoms with Gasteiger partial charge in [-0.1, -0.05) is 41.9 Å². The summed E-state index contributed by atoms with van der Waals surface area (Å²) in [4.78, 5) is 16.9. The van der Waals surface area contributed by atoms with Gasteiger partial charge in [-0.3, -0.25) is 9.48 Å². The van der Waals surface area contributed by atoms with Crippen LogP contribution in [0.5, 0.6) is 5.75 Å². The van der Waals surface area contributed by atoms with Crippen molar-refractivity contribution in [1.29, 1.82) is 0 Å². The average molecular weight is 425 g/mol. The Bertz CT molecular complexity index is 1120. The topological polar surface area (TPSA) is 69.0 Å². The van der Waals surface area contributed by atoms with Crippen molar-refractivity contribution in [3.8, 4) is 27.7 Å². The van der Waals surface area contributed by atoms with E-state index < -0.39 is 0 Å². The van der Waals surface area contributed by atoms with Gasteiger partial charge in [-0.2, -0.15) is 5.10 Å². The van der Waals surface area contributed by atoms with E-state index in [1.165, 1.54) is 11.3 Å². The van der Waals surface area contributed by atoms with E-state index in [1.54, 1.807) is 29.9 Å². The van der Waals surface area contributed by atoms with Gasteiger partial charge in [0.15, 0.2) is 6.61 Å². The Morgan fingerprint density at radius 3 is 2.66 bits per heavy atom. The van der Waals surface area contributed by atoms with E-state index in [1.807, 2.05) is 47.8 Å². The normalized spacial score (nSPS) is 10.7. The maximum absolute atomic E-state index is 12.2. The summed E-state index contributed by atoms with van der Waals surface area (Å²) in [5.74, 6) is 0.958. The quantitative estimate of drug-likeness (QED) is 0.479. The number of para-hydroxylation sites is 1. The van der Waals surface area contributed by atoms with Gasteiger partial charge in [-0.15, -0.1) is 11.3 Å². The first-order valence-corrected chi connectivity index (χ1v) is 10.1. The molecule has 0 bridgehead atoms. The van der Waals surface area contributed by atoms with Crippen LogP contribution in [0, 0.1) is 0 Å². The number of rotatable bonds is 6. The van der Waals surface area contributed by atoms with E-state index in [4.69, 9.17) is 16.3 Å². The maximum atomic E-state index is 12.2. The van der Waals surface area contributed by atoms with Crippen LogP contribution < -0.4 is 10.1 Å². The van der Waals surface area contributed by atoms with Crippen molar-refractivity contribution < 1.29 is 9.53 Å². The molecule has 0 aliphatic heterocycles. The van der Waals surface area contributed by atoms with Crippen molar-refractivity contribution in [2.75, 3.05) is 11.9 Å². The van der Waals surface area contributed by atoms with Crippen molar-refractivity contribution in [1.82, 2.24) is 14.8 Å². The number of ether oxygens (including phenoxy) is 1. The summed E-state index contributed by atoms with van der Waals surface area (Å²) in [5, 5.41) is 10.7. The standard InChI is InChI=1S/C21H17ClN4O2S/c1-26-19(24-20(27)12-28-16-5-3-2-4-6-16)11-17(25-26)21-23-18(13-29-21)14-7-9-15(22)10-8-14/h2-11,13H,12H2,1H3,(H,24,27). The lowest BCUT2D eigenvalue weighted by atomic mass is 10.2. The number of aromatic nitrogens is 3. The highest BCUT2D eigenvalue weighted by Gasteiger charge is 2.14. The van der Waals surface area contributed by atoms with E-state index >= 15 is 0 Å². The molecule has 0 spiro atoms. The summed E-state index contributed by atoms with van der Waals surface area (Å²) in [6, 6.07) is 18.5. The first-order valence-electron chi connectivity index (χ1n) is 8.82. The Labute approximate surface area is 176 Å². The number of hydrogen-bond acceptors (Lipinski definition) is 5. The third-order valence-electron chi connectivity index (χ3n) is 4.12. The molecule has 0 atom stereocenters. The number of anilines is 1. The smallest absolute Gasteiger partial charge is 0.263 e. The number of nitrogens with one attached hydrogen (secondary N) is 1. The molecule has 4 aromatic rings. The first-order chi connectivity index (χ1) is 14.1. The van der Waals surface area contributed by atoms with Crippen LogP contribution in [0.15, 0.2) is 66.0 Å². The first kappa shape index (κ1) is 19.2. The maximum Gasteiger partial charge on any atom is 0.263 e. The summed E-state index contributed by atoms with van der Waals surface area (Å²) in [5.41, 5.74) is 2.53. The van der Waals surface area contributed by atoms with Crippen LogP contribution in [0.25, 0.3) is 22.0 Å². The minimum Gasteiger partial charge on any atom is -0.484 e. The number of carbonyl (C=O) groups excluding carboxylic acids is 1. The number of thiazole rings is 1. The minimum absolute atomic E-state index is 0.0809. The Morgan fingerprint density at radius 2 is 1.90 bits per heavy atom. The number of amides is 1. The van der Waals surface area contributed by atoms with Gasteiger partial charge in [0.25, 0.3) is 5.91 Å². The fraction of sp³-hybridized carbons (Fsp3) is 0.0952. The summed E-state index contributed by atoms with van der Waals surface area (Å²) >= 11 is 7.44. The molecule has 1 amide bonds. The minimum atomic E-state index is -0.260. The Morgan fingerprint density at radius 1 is 1.14 bits per heavy atom. The summed E-state index contributed by atoms with van der Waals surface area (Å²) in [6.45, 7) is -0.0809. The fourth-order valence-electron chi connectivity index (χ4n) is 2.68. The highest BCUT2D eigenvalue weighted by Crippen LogP contribution is 2.30. The van der Waals surface area contributed by atoms with Gasteiger partial charge in [0.05, 0.1) is 5.69 Å². The van der Waals surface area contributed by atoms with Crippen molar-refractivity contribution in [2.45, 2.75) is 0 Å². The molecule has 1 N–H and O–H groups in total. The molecule has 2 aromatic carbocycles. The third-order valence-corrected chi connectivity index (χ3v) is 5.24. The SMILES string of the molecule is Cn1nc(-c2nc(-c3ccc(Cl)cc3)cs2)cc1NC(=O)COc1ccccc1. The molecule has 0 saturated heterocycles. The molecule has 0 radical (unpaired) electrons. The van der Waals surface area contributed by atoms with Gasteiger partial charge in [0, 0.05) is 29.1 Å². The number of nitrogens with zero attached hydrogens (tertiary/aromatic N) is 3. The van der Waals surface area contributed by atoms with Crippen LogP contribution in [-0.2, 0) is 11.8 Å². The lowest BCUT2D eigenvalue weighted by Gasteiger charge is -2.07. The molecule has 8 heteroatoms. The molecule has 2 heterocycles. The summed E-state index contributed by atoms with van der Waals surface area (Å²) in [6.07, 6.45) is 0. The number of benzene rings is 2. The van der Waals surface area contributed by atoms with Crippen molar-refractivity contribution in [3.63, 3.8) is 0 Å². The zero-order valence-electron chi connectivity index (χ0n) is 15.5. The molecule has 0 unspecified atom stereocenters. The van der Waals surface area contributed by atoms with Gasteiger partial charge in [-0.05, 0) is 24.3 Å². The number of carbonyl (C=O) groups is 1. The predicted molar refractivity (Wildman–Crippen MR) is 115 cm³/mol. The molecule has 0 aliphatic rings. The van der Waals surface area contributed by atoms with E-state index in [9.17, 15) is 4.79 Å². The lowest BCUT2D eigenvalue weighted by molar-refractivity contribution is -0.118.